The highest BCUT2D eigenvalue weighted by Crippen LogP contribution is 2.44. The number of nitriles is 1. The molecule has 29 heavy (non-hydrogen) atoms. The van der Waals surface area contributed by atoms with E-state index in [0.717, 1.165) is 5.56 Å². The number of dihydropyridines is 1. The van der Waals surface area contributed by atoms with Gasteiger partial charge in [-0.2, -0.15) is 5.26 Å². The third-order valence-corrected chi connectivity index (χ3v) is 5.30. The van der Waals surface area contributed by atoms with Crippen LogP contribution in [0.1, 0.15) is 17.2 Å². The first-order valence-corrected chi connectivity index (χ1v) is 9.16. The average molecular weight is 405 g/mol. The Morgan fingerprint density at radius 2 is 2.07 bits per heavy atom. The minimum atomic E-state index is -0.719. The second-order valence-electron chi connectivity index (χ2n) is 6.69. The summed E-state index contributed by atoms with van der Waals surface area (Å²) in [6, 6.07) is 12.8. The summed E-state index contributed by atoms with van der Waals surface area (Å²) in [6.45, 7) is 0.102. The van der Waals surface area contributed by atoms with Crippen LogP contribution in [0.4, 0.5) is 5.82 Å². The van der Waals surface area contributed by atoms with E-state index in [4.69, 9.17) is 26.5 Å². The number of anilines is 1. The van der Waals surface area contributed by atoms with E-state index in [1.54, 1.807) is 30.5 Å². The minimum Gasteiger partial charge on any atom is -0.460 e. The number of rotatable bonds is 2. The zero-order valence-corrected chi connectivity index (χ0v) is 15.7. The lowest BCUT2D eigenvalue weighted by atomic mass is 9.83. The van der Waals surface area contributed by atoms with Crippen molar-refractivity contribution in [1.29, 1.82) is 5.26 Å². The normalized spacial score (nSPS) is 18.5. The molecule has 0 aliphatic carbocycles. The highest BCUT2D eigenvalue weighted by Gasteiger charge is 2.42. The first-order chi connectivity index (χ1) is 14.1. The van der Waals surface area contributed by atoms with Crippen molar-refractivity contribution in [3.63, 3.8) is 0 Å². The molecular formula is C21H13ClN4O3. The van der Waals surface area contributed by atoms with Crippen molar-refractivity contribution in [3.05, 3.63) is 75.8 Å². The van der Waals surface area contributed by atoms with Gasteiger partial charge in [0.15, 0.2) is 0 Å². The summed E-state index contributed by atoms with van der Waals surface area (Å²) in [5.74, 6) is -0.457. The Morgan fingerprint density at radius 1 is 1.28 bits per heavy atom. The highest BCUT2D eigenvalue weighted by molar-refractivity contribution is 6.30. The summed E-state index contributed by atoms with van der Waals surface area (Å²) in [4.78, 5) is 16.5. The number of hydrogen-bond acceptors (Lipinski definition) is 7. The number of pyridine rings is 1. The van der Waals surface area contributed by atoms with Gasteiger partial charge in [-0.3, -0.25) is 0 Å². The number of nitrogens with one attached hydrogen (secondary N) is 1. The monoisotopic (exact) mass is 404 g/mol. The van der Waals surface area contributed by atoms with Crippen molar-refractivity contribution >= 4 is 40.1 Å². The molecule has 1 unspecified atom stereocenters. The molecule has 0 radical (unpaired) electrons. The molecular weight excluding hydrogens is 392 g/mol. The number of aromatic nitrogens is 1. The number of cyclic esters (lactones) is 1. The molecule has 142 valence electrons. The maximum absolute atomic E-state index is 12.5. The SMILES string of the molecule is N#CC1=C(c2ccc(Cl)cc2)NC2=C(C(=O)OC2)C1c1cc2c(N)nccc2o1. The third kappa shape index (κ3) is 2.65. The topological polar surface area (TPSA) is 114 Å². The summed E-state index contributed by atoms with van der Waals surface area (Å²) in [5.41, 5.74) is 9.15. The van der Waals surface area contributed by atoms with E-state index in [-0.39, 0.29) is 6.61 Å². The van der Waals surface area contributed by atoms with Crippen LogP contribution in [0, 0.1) is 11.3 Å². The van der Waals surface area contributed by atoms with Gasteiger partial charge < -0.3 is 20.2 Å². The molecule has 0 fully saturated rings. The lowest BCUT2D eigenvalue weighted by molar-refractivity contribution is -0.136. The van der Waals surface area contributed by atoms with Gasteiger partial charge in [0.25, 0.3) is 0 Å². The Morgan fingerprint density at radius 3 is 2.79 bits per heavy atom. The Hall–Kier alpha value is -3.76. The van der Waals surface area contributed by atoms with Crippen LogP contribution in [0.3, 0.4) is 0 Å². The molecule has 1 aromatic carbocycles. The third-order valence-electron chi connectivity index (χ3n) is 5.05. The Kier molecular flexibility index (Phi) is 3.83. The molecule has 1 atom stereocenters. The second-order valence-corrected chi connectivity index (χ2v) is 7.13. The first kappa shape index (κ1) is 17.3. The van der Waals surface area contributed by atoms with Crippen LogP contribution < -0.4 is 11.1 Å². The number of ether oxygens (including phenoxy) is 1. The number of esters is 1. The number of hydrogen-bond donors (Lipinski definition) is 2. The summed E-state index contributed by atoms with van der Waals surface area (Å²) < 4.78 is 11.2. The van der Waals surface area contributed by atoms with Gasteiger partial charge in [-0.15, -0.1) is 0 Å². The molecule has 3 N–H and O–H groups in total. The van der Waals surface area contributed by atoms with Crippen molar-refractivity contribution in [2.24, 2.45) is 0 Å². The van der Waals surface area contributed by atoms with Crippen LogP contribution in [0.2, 0.25) is 5.02 Å². The molecule has 0 saturated carbocycles. The van der Waals surface area contributed by atoms with Gasteiger partial charge in [-0.1, -0.05) is 23.7 Å². The zero-order valence-electron chi connectivity index (χ0n) is 14.9. The van der Waals surface area contributed by atoms with E-state index in [0.29, 0.717) is 50.1 Å². The van der Waals surface area contributed by atoms with Crippen LogP contribution in [0.15, 0.2) is 63.9 Å². The Labute approximate surface area is 170 Å². The van der Waals surface area contributed by atoms with Gasteiger partial charge in [0.1, 0.15) is 23.8 Å². The number of carbonyl (C=O) groups is 1. The van der Waals surface area contributed by atoms with Gasteiger partial charge in [-0.25, -0.2) is 9.78 Å². The van der Waals surface area contributed by atoms with E-state index < -0.39 is 11.9 Å². The van der Waals surface area contributed by atoms with Crippen LogP contribution in [-0.2, 0) is 9.53 Å². The molecule has 2 aliphatic rings. The van der Waals surface area contributed by atoms with Crippen LogP contribution in [0.5, 0.6) is 0 Å². The van der Waals surface area contributed by atoms with Crippen LogP contribution >= 0.6 is 11.6 Å². The molecule has 8 heteroatoms. The molecule has 2 aliphatic heterocycles. The number of nitrogens with two attached hydrogens (primary N) is 1. The minimum absolute atomic E-state index is 0.102. The molecule has 0 bridgehead atoms. The van der Waals surface area contributed by atoms with Gasteiger partial charge in [-0.05, 0) is 29.8 Å². The van der Waals surface area contributed by atoms with Crippen LogP contribution in [0.25, 0.3) is 16.7 Å². The molecule has 2 aromatic heterocycles. The van der Waals surface area contributed by atoms with E-state index in [2.05, 4.69) is 16.4 Å². The van der Waals surface area contributed by atoms with E-state index >= 15 is 0 Å². The smallest absolute Gasteiger partial charge is 0.337 e. The highest BCUT2D eigenvalue weighted by atomic mass is 35.5. The van der Waals surface area contributed by atoms with Crippen molar-refractivity contribution in [1.82, 2.24) is 10.3 Å². The van der Waals surface area contributed by atoms with Gasteiger partial charge >= 0.3 is 5.97 Å². The summed E-state index contributed by atoms with van der Waals surface area (Å²) in [7, 11) is 0. The fraction of sp³-hybridized carbons (Fsp3) is 0.0952. The van der Waals surface area contributed by atoms with Crippen molar-refractivity contribution in [3.8, 4) is 6.07 Å². The lowest BCUT2D eigenvalue weighted by Gasteiger charge is -2.25. The van der Waals surface area contributed by atoms with Crippen molar-refractivity contribution < 1.29 is 13.9 Å². The average Bonchev–Trinajstić information content (AvgIpc) is 3.32. The van der Waals surface area contributed by atoms with Gasteiger partial charge in [0.05, 0.1) is 39.9 Å². The predicted octanol–water partition coefficient (Wildman–Crippen LogP) is 3.50. The molecule has 0 spiro atoms. The molecule has 7 nitrogen and oxygen atoms in total. The summed E-state index contributed by atoms with van der Waals surface area (Å²) in [5, 5.41) is 14.4. The molecule has 3 aromatic rings. The van der Waals surface area contributed by atoms with Crippen molar-refractivity contribution in [2.75, 3.05) is 12.3 Å². The van der Waals surface area contributed by atoms with E-state index in [9.17, 15) is 10.1 Å². The summed E-state index contributed by atoms with van der Waals surface area (Å²) >= 11 is 6.01. The fourth-order valence-corrected chi connectivity index (χ4v) is 3.84. The van der Waals surface area contributed by atoms with E-state index in [1.807, 2.05) is 12.1 Å². The first-order valence-electron chi connectivity index (χ1n) is 8.78. The Balaban J connectivity index is 1.75. The maximum atomic E-state index is 12.5. The zero-order chi connectivity index (χ0) is 20.1. The number of carbonyl (C=O) groups excluding carboxylic acids is 1. The number of furan rings is 1. The number of allylic oxidation sites excluding steroid dienone is 1. The number of benzene rings is 1. The number of nitrogens with zero attached hydrogens (tertiary/aromatic N) is 2. The number of fused-ring (bicyclic) bond motifs is 1. The largest absolute Gasteiger partial charge is 0.460 e. The van der Waals surface area contributed by atoms with Gasteiger partial charge in [0.2, 0.25) is 0 Å². The number of halogens is 1. The molecule has 0 saturated heterocycles. The molecule has 5 rings (SSSR count). The fourth-order valence-electron chi connectivity index (χ4n) is 3.71. The van der Waals surface area contributed by atoms with Crippen molar-refractivity contribution in [2.45, 2.75) is 5.92 Å². The van der Waals surface area contributed by atoms with E-state index in [1.165, 1.54) is 0 Å². The quantitative estimate of drug-likeness (QED) is 0.628. The van der Waals surface area contributed by atoms with Gasteiger partial charge in [0, 0.05) is 11.2 Å². The Bertz CT molecular complexity index is 1280. The number of nitrogen functional groups attached to an aromatic ring is 1. The molecule has 4 heterocycles. The lowest BCUT2D eigenvalue weighted by Crippen LogP contribution is -2.25. The van der Waals surface area contributed by atoms with Crippen LogP contribution in [-0.4, -0.2) is 17.6 Å². The maximum Gasteiger partial charge on any atom is 0.337 e. The predicted molar refractivity (Wildman–Crippen MR) is 106 cm³/mol. The summed E-state index contributed by atoms with van der Waals surface area (Å²) in [6.07, 6.45) is 1.54. The molecule has 0 amide bonds. The second kappa shape index (κ2) is 6.40. The standard InChI is InChI=1S/C21H13ClN4O3/c22-11-3-1-10(2-4-11)19-13(8-23)17(18-14(26-19)9-28-21(18)27)16-7-12-15(29-16)5-6-25-20(12)24/h1-7,17,26H,9H2,(H2,24,25).